The molecular weight excluding hydrogens is 220 g/mol. The van der Waals surface area contributed by atoms with Crippen molar-refractivity contribution in [3.63, 3.8) is 0 Å². The number of hydrogen-bond donors (Lipinski definition) is 1. The molecule has 0 unspecified atom stereocenters. The highest BCUT2D eigenvalue weighted by Gasteiger charge is 2.38. The Morgan fingerprint density at radius 2 is 1.67 bits per heavy atom. The summed E-state index contributed by atoms with van der Waals surface area (Å²) in [6.07, 6.45) is 4.09. The van der Waals surface area contributed by atoms with E-state index in [1.54, 1.807) is 0 Å². The molecule has 0 radical (unpaired) electrons. The fourth-order valence-electron chi connectivity index (χ4n) is 3.65. The van der Waals surface area contributed by atoms with Crippen LogP contribution >= 0.6 is 0 Å². The molecule has 2 heteroatoms. The number of nitrogens with zero attached hydrogens (tertiary/aromatic N) is 1. The number of anilines is 1. The van der Waals surface area contributed by atoms with Crippen LogP contribution in [0.3, 0.4) is 0 Å². The molecule has 1 aromatic rings. The lowest BCUT2D eigenvalue weighted by Crippen LogP contribution is -2.38. The Bertz CT molecular complexity index is 412. The summed E-state index contributed by atoms with van der Waals surface area (Å²) < 4.78 is 0. The second kappa shape index (κ2) is 4.58. The van der Waals surface area contributed by atoms with E-state index >= 15 is 0 Å². The van der Waals surface area contributed by atoms with E-state index in [9.17, 15) is 0 Å². The zero-order valence-electron chi connectivity index (χ0n) is 11.6. The molecule has 2 aliphatic rings. The molecular formula is C16H24N2. The van der Waals surface area contributed by atoms with Gasteiger partial charge in [0.2, 0.25) is 0 Å². The molecule has 1 aromatic carbocycles. The topological polar surface area (TPSA) is 15.3 Å². The predicted octanol–water partition coefficient (Wildman–Crippen LogP) is 2.88. The van der Waals surface area contributed by atoms with Gasteiger partial charge in [0.1, 0.15) is 0 Å². The van der Waals surface area contributed by atoms with Crippen molar-refractivity contribution < 1.29 is 0 Å². The SMILES string of the molecule is Cc1cc(C)cc(N2CCC3(CCNCC3)C2)c1. The van der Waals surface area contributed by atoms with Crippen molar-refractivity contribution in [2.45, 2.75) is 33.1 Å². The summed E-state index contributed by atoms with van der Waals surface area (Å²) in [4.78, 5) is 2.60. The van der Waals surface area contributed by atoms with Crippen molar-refractivity contribution in [3.8, 4) is 0 Å². The van der Waals surface area contributed by atoms with Crippen LogP contribution < -0.4 is 10.2 Å². The summed E-state index contributed by atoms with van der Waals surface area (Å²) in [5.74, 6) is 0. The number of piperidine rings is 1. The minimum atomic E-state index is 0.600. The van der Waals surface area contributed by atoms with Gasteiger partial charge >= 0.3 is 0 Å². The summed E-state index contributed by atoms with van der Waals surface area (Å²) in [5, 5.41) is 3.49. The van der Waals surface area contributed by atoms with Gasteiger partial charge in [-0.05, 0) is 74.9 Å². The molecule has 0 saturated carbocycles. The molecule has 1 spiro atoms. The fraction of sp³-hybridized carbons (Fsp3) is 0.625. The van der Waals surface area contributed by atoms with E-state index < -0.39 is 0 Å². The van der Waals surface area contributed by atoms with Crippen molar-refractivity contribution in [2.24, 2.45) is 5.41 Å². The van der Waals surface area contributed by atoms with E-state index in [-0.39, 0.29) is 0 Å². The van der Waals surface area contributed by atoms with Crippen molar-refractivity contribution in [1.29, 1.82) is 0 Å². The Morgan fingerprint density at radius 1 is 1.00 bits per heavy atom. The van der Waals surface area contributed by atoms with Crippen LogP contribution in [0.2, 0.25) is 0 Å². The van der Waals surface area contributed by atoms with Gasteiger partial charge in [-0.25, -0.2) is 0 Å². The highest BCUT2D eigenvalue weighted by atomic mass is 15.2. The molecule has 0 bridgehead atoms. The number of aryl methyl sites for hydroxylation is 2. The van der Waals surface area contributed by atoms with Crippen molar-refractivity contribution in [3.05, 3.63) is 29.3 Å². The first-order chi connectivity index (χ1) is 8.67. The second-order valence-corrected chi connectivity index (χ2v) is 6.27. The van der Waals surface area contributed by atoms with Crippen LogP contribution in [0.5, 0.6) is 0 Å². The monoisotopic (exact) mass is 244 g/mol. The van der Waals surface area contributed by atoms with E-state index in [1.165, 1.54) is 62.3 Å². The maximum absolute atomic E-state index is 3.49. The van der Waals surface area contributed by atoms with Gasteiger partial charge in [0.25, 0.3) is 0 Å². The van der Waals surface area contributed by atoms with Gasteiger partial charge in [-0.3, -0.25) is 0 Å². The van der Waals surface area contributed by atoms with Gasteiger partial charge in [0, 0.05) is 18.8 Å². The Labute approximate surface area is 110 Å². The summed E-state index contributed by atoms with van der Waals surface area (Å²) in [7, 11) is 0. The molecule has 3 rings (SSSR count). The molecule has 0 aliphatic carbocycles. The Morgan fingerprint density at radius 3 is 2.33 bits per heavy atom. The zero-order chi connectivity index (χ0) is 12.6. The van der Waals surface area contributed by atoms with Crippen molar-refractivity contribution in [2.75, 3.05) is 31.1 Å². The number of rotatable bonds is 1. The number of benzene rings is 1. The lowest BCUT2D eigenvalue weighted by atomic mass is 9.78. The molecule has 98 valence electrons. The van der Waals surface area contributed by atoms with Crippen LogP contribution in [0, 0.1) is 19.3 Å². The van der Waals surface area contributed by atoms with E-state index in [4.69, 9.17) is 0 Å². The maximum Gasteiger partial charge on any atom is 0.0371 e. The molecule has 0 atom stereocenters. The summed E-state index contributed by atoms with van der Waals surface area (Å²) in [6.45, 7) is 9.32. The van der Waals surface area contributed by atoms with Gasteiger partial charge in [-0.2, -0.15) is 0 Å². The van der Waals surface area contributed by atoms with Gasteiger partial charge < -0.3 is 10.2 Å². The average Bonchev–Trinajstić information content (AvgIpc) is 2.73. The Hall–Kier alpha value is -1.02. The largest absolute Gasteiger partial charge is 0.371 e. The molecule has 0 aromatic heterocycles. The quantitative estimate of drug-likeness (QED) is 0.817. The molecule has 2 nitrogen and oxygen atoms in total. The molecule has 1 N–H and O–H groups in total. The van der Waals surface area contributed by atoms with Crippen LogP contribution in [0.25, 0.3) is 0 Å². The summed E-state index contributed by atoms with van der Waals surface area (Å²) in [5.41, 5.74) is 4.80. The van der Waals surface area contributed by atoms with Crippen molar-refractivity contribution in [1.82, 2.24) is 5.32 Å². The zero-order valence-corrected chi connectivity index (χ0v) is 11.6. The van der Waals surface area contributed by atoms with Crippen LogP contribution in [-0.4, -0.2) is 26.2 Å². The van der Waals surface area contributed by atoms with Gasteiger partial charge in [-0.1, -0.05) is 6.07 Å². The van der Waals surface area contributed by atoms with Crippen LogP contribution in [0.4, 0.5) is 5.69 Å². The van der Waals surface area contributed by atoms with Crippen molar-refractivity contribution >= 4 is 5.69 Å². The van der Waals surface area contributed by atoms with Gasteiger partial charge in [0.15, 0.2) is 0 Å². The minimum absolute atomic E-state index is 0.600. The first-order valence-electron chi connectivity index (χ1n) is 7.21. The first kappa shape index (κ1) is 12.0. The van der Waals surface area contributed by atoms with Gasteiger partial charge in [0.05, 0.1) is 0 Å². The Balaban J connectivity index is 1.78. The van der Waals surface area contributed by atoms with E-state index in [0.717, 1.165) is 0 Å². The third-order valence-electron chi connectivity index (χ3n) is 4.67. The Kier molecular flexibility index (Phi) is 3.06. The first-order valence-corrected chi connectivity index (χ1v) is 7.21. The third-order valence-corrected chi connectivity index (χ3v) is 4.67. The molecule has 0 amide bonds. The molecule has 2 fully saturated rings. The van der Waals surface area contributed by atoms with E-state index in [1.807, 2.05) is 0 Å². The molecule has 2 heterocycles. The van der Waals surface area contributed by atoms with Crippen LogP contribution in [0.1, 0.15) is 30.4 Å². The molecule has 2 saturated heterocycles. The van der Waals surface area contributed by atoms with Crippen LogP contribution in [-0.2, 0) is 0 Å². The maximum atomic E-state index is 3.49. The smallest absolute Gasteiger partial charge is 0.0371 e. The van der Waals surface area contributed by atoms with E-state index in [0.29, 0.717) is 5.41 Å². The van der Waals surface area contributed by atoms with E-state index in [2.05, 4.69) is 42.3 Å². The lowest BCUT2D eigenvalue weighted by molar-refractivity contribution is 0.232. The lowest BCUT2D eigenvalue weighted by Gasteiger charge is -2.34. The standard InChI is InChI=1S/C16H24N2/c1-13-9-14(2)11-15(10-13)18-8-5-16(12-18)3-6-17-7-4-16/h9-11,17H,3-8,12H2,1-2H3. The summed E-state index contributed by atoms with van der Waals surface area (Å²) in [6, 6.07) is 6.94. The number of nitrogens with one attached hydrogen (secondary N) is 1. The summed E-state index contributed by atoms with van der Waals surface area (Å²) >= 11 is 0. The fourth-order valence-corrected chi connectivity index (χ4v) is 3.65. The highest BCUT2D eigenvalue weighted by Crippen LogP contribution is 2.40. The molecule has 18 heavy (non-hydrogen) atoms. The van der Waals surface area contributed by atoms with Crippen LogP contribution in [0.15, 0.2) is 18.2 Å². The average molecular weight is 244 g/mol. The minimum Gasteiger partial charge on any atom is -0.371 e. The molecule has 2 aliphatic heterocycles. The van der Waals surface area contributed by atoms with Gasteiger partial charge in [-0.15, -0.1) is 0 Å². The normalized spacial score (nSPS) is 22.7. The third kappa shape index (κ3) is 2.26. The second-order valence-electron chi connectivity index (χ2n) is 6.27. The number of hydrogen-bond acceptors (Lipinski definition) is 2. The predicted molar refractivity (Wildman–Crippen MR) is 77.3 cm³/mol. The highest BCUT2D eigenvalue weighted by molar-refractivity contribution is 5.52.